The Morgan fingerprint density at radius 3 is 2.07 bits per heavy atom. The summed E-state index contributed by atoms with van der Waals surface area (Å²) in [7, 11) is 1.57. The van der Waals surface area contributed by atoms with Crippen LogP contribution in [0.1, 0.15) is 22.6 Å². The summed E-state index contributed by atoms with van der Waals surface area (Å²) in [5.74, 6) is -0.628. The predicted molar refractivity (Wildman–Crippen MR) is 112 cm³/mol. The largest absolute Gasteiger partial charge is 0.496 e. The van der Waals surface area contributed by atoms with Crippen molar-refractivity contribution in [2.24, 2.45) is 5.73 Å². The van der Waals surface area contributed by atoms with Gasteiger partial charge in [-0.25, -0.2) is 0 Å². The molecule has 1 aliphatic rings. The van der Waals surface area contributed by atoms with Gasteiger partial charge < -0.3 is 15.8 Å². The van der Waals surface area contributed by atoms with E-state index in [1.54, 1.807) is 7.11 Å². The molecule has 0 fully saturated rings. The van der Waals surface area contributed by atoms with Crippen LogP contribution in [0.3, 0.4) is 0 Å². The molecule has 29 heavy (non-hydrogen) atoms. The number of fused-ring (bicyclic) bond motifs is 3. The molecule has 0 radical (unpaired) electrons. The molecule has 1 aliphatic carbocycles. The van der Waals surface area contributed by atoms with Crippen molar-refractivity contribution in [3.63, 3.8) is 0 Å². The van der Waals surface area contributed by atoms with Gasteiger partial charge in [-0.3, -0.25) is 9.59 Å². The number of rotatable bonds is 6. The minimum absolute atomic E-state index is 0.235. The van der Waals surface area contributed by atoms with E-state index in [0.717, 1.165) is 27.8 Å². The summed E-state index contributed by atoms with van der Waals surface area (Å²) in [6.45, 7) is 0. The lowest BCUT2D eigenvalue weighted by Gasteiger charge is -2.20. The number of amides is 2. The number of carbonyl (C=O) groups is 2. The summed E-state index contributed by atoms with van der Waals surface area (Å²) in [5.41, 5.74) is 10.4. The fraction of sp³-hybridized carbons (Fsp3) is 0.167. The average Bonchev–Trinajstić information content (AvgIpc) is 3.08. The number of methoxy groups -OCH3 is 1. The van der Waals surface area contributed by atoms with Crippen LogP contribution >= 0.6 is 0 Å². The van der Waals surface area contributed by atoms with Gasteiger partial charge in [0.2, 0.25) is 11.8 Å². The standard InChI is InChI=1S/C24H22N2O3/c1-29-21-13-7-2-8-15(21)14-20(23(25)27)26-24(28)22-18-11-5-3-9-16(18)17-10-4-6-12-19(17)22/h2-13,20,22H,14H2,1H3,(H2,25,27)(H,26,28)/t20-/m0/s1. The lowest BCUT2D eigenvalue weighted by Crippen LogP contribution is -2.47. The van der Waals surface area contributed by atoms with Crippen LogP contribution < -0.4 is 15.8 Å². The zero-order valence-electron chi connectivity index (χ0n) is 16.1. The first-order valence-corrected chi connectivity index (χ1v) is 9.50. The van der Waals surface area contributed by atoms with E-state index >= 15 is 0 Å². The monoisotopic (exact) mass is 386 g/mol. The molecule has 3 aromatic carbocycles. The van der Waals surface area contributed by atoms with Crippen LogP contribution in [0.25, 0.3) is 11.1 Å². The molecular formula is C24H22N2O3. The maximum absolute atomic E-state index is 13.3. The van der Waals surface area contributed by atoms with E-state index in [4.69, 9.17) is 10.5 Å². The van der Waals surface area contributed by atoms with Gasteiger partial charge in [0.25, 0.3) is 0 Å². The molecule has 0 aromatic heterocycles. The Labute approximate surface area is 169 Å². The van der Waals surface area contributed by atoms with Gasteiger partial charge in [-0.15, -0.1) is 0 Å². The van der Waals surface area contributed by atoms with Gasteiger partial charge >= 0.3 is 0 Å². The van der Waals surface area contributed by atoms with Gasteiger partial charge in [0, 0.05) is 6.42 Å². The topological polar surface area (TPSA) is 81.4 Å². The van der Waals surface area contributed by atoms with Crippen molar-refractivity contribution in [3.8, 4) is 16.9 Å². The van der Waals surface area contributed by atoms with Crippen molar-refractivity contribution in [2.75, 3.05) is 7.11 Å². The van der Waals surface area contributed by atoms with E-state index in [1.165, 1.54) is 0 Å². The Hall–Kier alpha value is -3.60. The summed E-state index contributed by atoms with van der Waals surface area (Å²) < 4.78 is 5.36. The van der Waals surface area contributed by atoms with Crippen LogP contribution in [0.15, 0.2) is 72.8 Å². The second-order valence-corrected chi connectivity index (χ2v) is 7.09. The van der Waals surface area contributed by atoms with Gasteiger partial charge in [0.15, 0.2) is 0 Å². The molecule has 0 unspecified atom stereocenters. The lowest BCUT2D eigenvalue weighted by molar-refractivity contribution is -0.127. The zero-order valence-corrected chi connectivity index (χ0v) is 16.1. The molecule has 4 rings (SSSR count). The first-order chi connectivity index (χ1) is 14.1. The third kappa shape index (κ3) is 3.47. The highest BCUT2D eigenvalue weighted by molar-refractivity contribution is 5.98. The van der Waals surface area contributed by atoms with Crippen LogP contribution in [0, 0.1) is 0 Å². The van der Waals surface area contributed by atoms with Gasteiger partial charge in [0.05, 0.1) is 13.0 Å². The second kappa shape index (κ2) is 7.80. The fourth-order valence-electron chi connectivity index (χ4n) is 4.01. The Bertz CT molecular complexity index is 1030. The number of nitrogens with two attached hydrogens (primary N) is 1. The molecule has 2 amide bonds. The SMILES string of the molecule is COc1ccccc1C[C@H](NC(=O)C1c2ccccc2-c2ccccc21)C(N)=O. The maximum Gasteiger partial charge on any atom is 0.240 e. The molecule has 0 saturated carbocycles. The minimum atomic E-state index is -0.835. The number of benzene rings is 3. The van der Waals surface area contributed by atoms with Crippen molar-refractivity contribution in [3.05, 3.63) is 89.5 Å². The van der Waals surface area contributed by atoms with E-state index < -0.39 is 17.9 Å². The number of carbonyl (C=O) groups excluding carboxylic acids is 2. The molecule has 5 nitrogen and oxygen atoms in total. The number of nitrogens with one attached hydrogen (secondary N) is 1. The first kappa shape index (κ1) is 18.7. The first-order valence-electron chi connectivity index (χ1n) is 9.50. The molecule has 3 aromatic rings. The van der Waals surface area contributed by atoms with Gasteiger partial charge in [0.1, 0.15) is 11.8 Å². The smallest absolute Gasteiger partial charge is 0.240 e. The van der Waals surface area contributed by atoms with Crippen LogP contribution in [0.2, 0.25) is 0 Å². The van der Waals surface area contributed by atoms with E-state index in [2.05, 4.69) is 5.32 Å². The van der Waals surface area contributed by atoms with Crippen LogP contribution in [-0.2, 0) is 16.0 Å². The van der Waals surface area contributed by atoms with Crippen LogP contribution in [0.5, 0.6) is 5.75 Å². The third-order valence-electron chi connectivity index (χ3n) is 5.37. The van der Waals surface area contributed by atoms with E-state index in [1.807, 2.05) is 72.8 Å². The summed E-state index contributed by atoms with van der Waals surface area (Å²) in [6.07, 6.45) is 0.265. The molecule has 5 heteroatoms. The summed E-state index contributed by atoms with van der Waals surface area (Å²) in [5, 5.41) is 2.87. The molecule has 0 spiro atoms. The average molecular weight is 386 g/mol. The Balaban J connectivity index is 1.63. The highest BCUT2D eigenvalue weighted by Gasteiger charge is 2.35. The lowest BCUT2D eigenvalue weighted by atomic mass is 9.95. The fourth-order valence-corrected chi connectivity index (χ4v) is 4.01. The van der Waals surface area contributed by atoms with Crippen molar-refractivity contribution >= 4 is 11.8 Å². The molecule has 0 heterocycles. The maximum atomic E-state index is 13.3. The Kier molecular flexibility index (Phi) is 5.04. The second-order valence-electron chi connectivity index (χ2n) is 7.09. The van der Waals surface area contributed by atoms with Gasteiger partial charge in [-0.1, -0.05) is 66.7 Å². The highest BCUT2D eigenvalue weighted by atomic mass is 16.5. The number of hydrogen-bond acceptors (Lipinski definition) is 3. The zero-order chi connectivity index (χ0) is 20.4. The molecule has 0 bridgehead atoms. The van der Waals surface area contributed by atoms with Gasteiger partial charge in [-0.05, 0) is 33.9 Å². The van der Waals surface area contributed by atoms with Crippen molar-refractivity contribution in [1.82, 2.24) is 5.32 Å². The summed E-state index contributed by atoms with van der Waals surface area (Å²) >= 11 is 0. The number of ether oxygens (including phenoxy) is 1. The molecule has 3 N–H and O–H groups in total. The summed E-state index contributed by atoms with van der Waals surface area (Å²) in [4.78, 5) is 25.4. The number of hydrogen-bond donors (Lipinski definition) is 2. The number of primary amides is 1. The molecule has 0 aliphatic heterocycles. The molecule has 0 saturated heterocycles. The highest BCUT2D eigenvalue weighted by Crippen LogP contribution is 2.44. The van der Waals surface area contributed by atoms with E-state index in [9.17, 15) is 9.59 Å². The normalized spacial score (nSPS) is 13.3. The van der Waals surface area contributed by atoms with Crippen molar-refractivity contribution < 1.29 is 14.3 Å². The molecule has 1 atom stereocenters. The third-order valence-corrected chi connectivity index (χ3v) is 5.37. The van der Waals surface area contributed by atoms with Gasteiger partial charge in [-0.2, -0.15) is 0 Å². The van der Waals surface area contributed by atoms with Crippen molar-refractivity contribution in [2.45, 2.75) is 18.4 Å². The molecular weight excluding hydrogens is 364 g/mol. The minimum Gasteiger partial charge on any atom is -0.496 e. The number of para-hydroxylation sites is 1. The Morgan fingerprint density at radius 1 is 0.931 bits per heavy atom. The Morgan fingerprint density at radius 2 is 1.48 bits per heavy atom. The van der Waals surface area contributed by atoms with Crippen molar-refractivity contribution in [1.29, 1.82) is 0 Å². The summed E-state index contributed by atoms with van der Waals surface area (Å²) in [6, 6.07) is 22.3. The van der Waals surface area contributed by atoms with Crippen LogP contribution in [0.4, 0.5) is 0 Å². The predicted octanol–water partition coefficient (Wildman–Crippen LogP) is 3.02. The quantitative estimate of drug-likeness (QED) is 0.683. The molecule has 146 valence electrons. The van der Waals surface area contributed by atoms with E-state index in [0.29, 0.717) is 5.75 Å². The van der Waals surface area contributed by atoms with Crippen LogP contribution in [-0.4, -0.2) is 25.0 Å². The van der Waals surface area contributed by atoms with E-state index in [-0.39, 0.29) is 12.3 Å².